The minimum Gasteiger partial charge on any atom is -0.486 e. The van der Waals surface area contributed by atoms with Crippen molar-refractivity contribution in [3.8, 4) is 5.75 Å². The van der Waals surface area contributed by atoms with Gasteiger partial charge in [0.1, 0.15) is 66.0 Å². The van der Waals surface area contributed by atoms with Crippen LogP contribution in [0, 0.1) is 0 Å². The summed E-state index contributed by atoms with van der Waals surface area (Å²) in [5.74, 6) is -6.49. The molecule has 0 radical (unpaired) electrons. The van der Waals surface area contributed by atoms with E-state index in [2.05, 4.69) is 20.8 Å². The third kappa shape index (κ3) is 45.6. The molecule has 0 saturated carbocycles. The highest BCUT2D eigenvalue weighted by Crippen LogP contribution is 2.19. The van der Waals surface area contributed by atoms with Gasteiger partial charge in [-0.3, -0.25) is 67.1 Å². The van der Waals surface area contributed by atoms with E-state index in [-0.39, 0.29) is 113 Å². The van der Waals surface area contributed by atoms with Crippen molar-refractivity contribution >= 4 is 107 Å². The number of ketones is 5. The molecule has 0 aliphatic rings. The SMILES string of the molecule is C.C.CC(=O)CC(=O)c1ccc(CC(N)C(=O)O)cc1.CC(=O)CNC(=O)c1ccc(CC(N)C(=O)O)cc1.CC(=O)COc1ccc(CC(N)C(=O)O)cc1.CC(=O)CSc1ccc(CC(N)C(=O)O)cc1.CC(=O)N/N=C/c1ccc(CC(N)C(=O)O)cc1.CC(=O)N=Cc1ccc(CC(N)C(=O)O)cc1. The van der Waals surface area contributed by atoms with E-state index in [1.54, 1.807) is 128 Å². The molecule has 6 atom stereocenters. The highest BCUT2D eigenvalue weighted by molar-refractivity contribution is 8.00. The highest BCUT2D eigenvalue weighted by Gasteiger charge is 2.18. The van der Waals surface area contributed by atoms with E-state index in [0.29, 0.717) is 29.1 Å². The molecule has 6 aromatic rings. The zero-order chi connectivity index (χ0) is 80.2. The van der Waals surface area contributed by atoms with Gasteiger partial charge in [0, 0.05) is 36.1 Å². The molecule has 20 N–H and O–H groups in total. The Labute approximate surface area is 630 Å². The second kappa shape index (κ2) is 53.2. The quantitative estimate of drug-likeness (QED) is 0.00874. The Balaban J connectivity index is 0. The zero-order valence-electron chi connectivity index (χ0n) is 59.1. The summed E-state index contributed by atoms with van der Waals surface area (Å²) < 4.78 is 5.18. The number of aliphatic carboxylic acids is 6. The van der Waals surface area contributed by atoms with Gasteiger partial charge in [-0.25, -0.2) is 10.4 Å². The van der Waals surface area contributed by atoms with Crippen LogP contribution in [0.3, 0.4) is 0 Å². The summed E-state index contributed by atoms with van der Waals surface area (Å²) in [6, 6.07) is 35.8. The van der Waals surface area contributed by atoms with E-state index >= 15 is 0 Å². The first-order chi connectivity index (χ1) is 49.7. The Morgan fingerprint density at radius 2 is 0.722 bits per heavy atom. The first kappa shape index (κ1) is 98.4. The first-order valence-corrected chi connectivity index (χ1v) is 33.1. The molecule has 0 bridgehead atoms. The number of hydrogen-bond donors (Lipinski definition) is 14. The van der Waals surface area contributed by atoms with Crippen LogP contribution in [-0.4, -0.2) is 181 Å². The molecule has 3 amide bonds. The van der Waals surface area contributed by atoms with E-state index in [9.17, 15) is 67.1 Å². The van der Waals surface area contributed by atoms with Crippen LogP contribution >= 0.6 is 11.8 Å². The summed E-state index contributed by atoms with van der Waals surface area (Å²) in [7, 11) is 0. The molecule has 0 aromatic heterocycles. The Morgan fingerprint density at radius 3 is 1.02 bits per heavy atom. The molecule has 32 heteroatoms. The molecular weight excluding hydrogens is 1420 g/mol. The van der Waals surface area contributed by atoms with E-state index < -0.39 is 72.1 Å². The lowest BCUT2D eigenvalue weighted by atomic mass is 10.0. The number of carboxylic acid groups (broad SMARTS) is 6. The summed E-state index contributed by atoms with van der Waals surface area (Å²) in [5.41, 5.74) is 42.1. The number of thioether (sulfide) groups is 1. The lowest BCUT2D eigenvalue weighted by molar-refractivity contribution is -0.139. The fourth-order valence-corrected chi connectivity index (χ4v) is 8.66. The predicted octanol–water partition coefficient (Wildman–Crippen LogP) is 4.68. The molecule has 6 aromatic carbocycles. The Hall–Kier alpha value is -11.7. The molecule has 108 heavy (non-hydrogen) atoms. The maximum Gasteiger partial charge on any atom is 0.320 e. The van der Waals surface area contributed by atoms with Gasteiger partial charge in [-0.15, -0.1) is 11.8 Å². The number of nitrogens with zero attached hydrogens (tertiary/aromatic N) is 2. The van der Waals surface area contributed by atoms with Gasteiger partial charge < -0.3 is 75.1 Å². The molecular formula is C76H98N10O21S. The fraction of sp³-hybridized carbons (Fsp3) is 0.316. The van der Waals surface area contributed by atoms with Crippen LogP contribution in [0.5, 0.6) is 5.75 Å². The average Bonchev–Trinajstić information content (AvgIpc) is 0.894. The standard InChI is InChI=1S/C13H16N2O4.C13H15NO4.C12H15N3O3.C12H14N2O3.C12H15NO4.C12H15NO3S.2CH4/c1-8(16)7-15-12(17)10-4-2-9(3-5-10)6-11(14)13(18)19;1-8(15)6-12(16)10-4-2-9(3-5-10)7-11(14)13(17)18;1-8(16)15-14-7-10-4-2-9(3-5-10)6-11(13)12(17)18;1-8(15)14-7-10-4-2-9(3-5-10)6-11(13)12(16)17;2*1-8(14)7-17-10-4-2-9(3-5-10)6-11(13)12(15)16;;/h2-5,11H,6-7,14H2,1H3,(H,15,17)(H,18,19);2-5,11H,6-7,14H2,1H3,(H,17,18);2-5,7,11H,6,13H2,1H3,(H,15,16)(H,17,18);2-5,7,11H,6,13H2,1H3,(H,16,17);2*2-5,11H,6-7,13H2,1H3,(H,15,16);2*1H4/b;;14-7+;;;;;. The van der Waals surface area contributed by atoms with Gasteiger partial charge in [-0.2, -0.15) is 5.10 Å². The average molecular weight is 1520 g/mol. The number of carbonyl (C=O) groups is 14. The largest absolute Gasteiger partial charge is 0.486 e. The molecule has 0 fully saturated rings. The van der Waals surface area contributed by atoms with E-state index in [1.165, 1.54) is 58.8 Å². The maximum absolute atomic E-state index is 11.6. The van der Waals surface area contributed by atoms with Crippen molar-refractivity contribution in [3.63, 3.8) is 0 Å². The number of carbonyl (C=O) groups excluding carboxylic acids is 8. The monoisotopic (exact) mass is 1520 g/mol. The zero-order valence-corrected chi connectivity index (χ0v) is 59.9. The van der Waals surface area contributed by atoms with E-state index in [4.69, 9.17) is 69.8 Å². The summed E-state index contributed by atoms with van der Waals surface area (Å²) in [6.07, 6.45) is 4.38. The van der Waals surface area contributed by atoms with Crippen LogP contribution in [0.15, 0.2) is 161 Å². The second-order valence-corrected chi connectivity index (χ2v) is 24.5. The van der Waals surface area contributed by atoms with Gasteiger partial charge in [0.05, 0.1) is 24.9 Å². The van der Waals surface area contributed by atoms with E-state index in [1.807, 2.05) is 24.3 Å². The van der Waals surface area contributed by atoms with Gasteiger partial charge in [-0.1, -0.05) is 124 Å². The number of nitrogens with two attached hydrogens (primary N) is 6. The maximum atomic E-state index is 11.6. The number of benzene rings is 6. The number of nitrogens with one attached hydrogen (secondary N) is 2. The Morgan fingerprint density at radius 1 is 0.407 bits per heavy atom. The Kier molecular flexibility index (Phi) is 48.4. The van der Waals surface area contributed by atoms with Crippen molar-refractivity contribution in [3.05, 3.63) is 201 Å². The summed E-state index contributed by atoms with van der Waals surface area (Å²) in [4.78, 5) is 156. The first-order valence-electron chi connectivity index (χ1n) is 32.1. The van der Waals surface area contributed by atoms with Gasteiger partial charge >= 0.3 is 35.8 Å². The van der Waals surface area contributed by atoms with Crippen molar-refractivity contribution in [1.29, 1.82) is 0 Å². The van der Waals surface area contributed by atoms with Crippen molar-refractivity contribution in [2.45, 2.75) is 142 Å². The van der Waals surface area contributed by atoms with Gasteiger partial charge in [0.25, 0.3) is 5.91 Å². The normalized spacial score (nSPS) is 11.9. The summed E-state index contributed by atoms with van der Waals surface area (Å²) in [6.45, 7) is 8.51. The Bertz CT molecular complexity index is 3890. The summed E-state index contributed by atoms with van der Waals surface area (Å²) >= 11 is 1.47. The molecule has 31 nitrogen and oxygen atoms in total. The van der Waals surface area contributed by atoms with Crippen LogP contribution in [-0.2, 0) is 96.1 Å². The number of amides is 3. The second-order valence-electron chi connectivity index (χ2n) is 23.4. The fourth-order valence-electron chi connectivity index (χ4n) is 7.96. The third-order valence-corrected chi connectivity index (χ3v) is 14.7. The molecule has 0 saturated heterocycles. The number of carboxylic acids is 6. The molecule has 0 aliphatic carbocycles. The topological polar surface area (TPSA) is 574 Å². The van der Waals surface area contributed by atoms with Crippen molar-refractivity contribution in [2.24, 2.45) is 44.5 Å². The smallest absolute Gasteiger partial charge is 0.320 e. The predicted molar refractivity (Wildman–Crippen MR) is 408 cm³/mol. The third-order valence-electron chi connectivity index (χ3n) is 13.6. The lowest BCUT2D eigenvalue weighted by Crippen LogP contribution is -2.32. The minimum atomic E-state index is -1.07. The van der Waals surface area contributed by atoms with Crippen LogP contribution in [0.2, 0.25) is 0 Å². The highest BCUT2D eigenvalue weighted by atomic mass is 32.2. The van der Waals surface area contributed by atoms with Crippen LogP contribution in [0.4, 0.5) is 0 Å². The van der Waals surface area contributed by atoms with Crippen molar-refractivity contribution in [1.82, 2.24) is 10.7 Å². The number of rotatable bonds is 33. The lowest BCUT2D eigenvalue weighted by Gasteiger charge is -2.08. The molecule has 0 aliphatic heterocycles. The number of Topliss-reactive ketones (excluding diaryl/α,β-unsaturated/α-hetero) is 5. The summed E-state index contributed by atoms with van der Waals surface area (Å²) in [5, 5.41) is 58.2. The number of hydrazone groups is 1. The number of aliphatic imine (C=N–C) groups is 1. The van der Waals surface area contributed by atoms with Crippen LogP contribution < -0.4 is 49.9 Å². The molecule has 6 unspecified atom stereocenters. The number of ether oxygens (including phenoxy) is 1. The van der Waals surface area contributed by atoms with Crippen LogP contribution in [0.1, 0.15) is 128 Å². The van der Waals surface area contributed by atoms with Crippen LogP contribution in [0.25, 0.3) is 0 Å². The van der Waals surface area contributed by atoms with Gasteiger partial charge in [-0.05, 0) is 147 Å². The van der Waals surface area contributed by atoms with Crippen molar-refractivity contribution in [2.75, 3.05) is 18.9 Å². The minimum absolute atomic E-state index is 0. The van der Waals surface area contributed by atoms with Gasteiger partial charge in [0.2, 0.25) is 11.8 Å². The molecule has 0 spiro atoms. The number of hydrogen-bond acceptors (Lipinski definition) is 23. The molecule has 0 heterocycles. The molecule has 584 valence electrons. The van der Waals surface area contributed by atoms with Crippen molar-refractivity contribution < 1.29 is 102 Å². The van der Waals surface area contributed by atoms with Gasteiger partial charge in [0.15, 0.2) is 11.6 Å². The molecule has 6 rings (SSSR count). The van der Waals surface area contributed by atoms with E-state index in [0.717, 1.165) is 49.4 Å².